The maximum absolute atomic E-state index is 9.10. The summed E-state index contributed by atoms with van der Waals surface area (Å²) >= 11 is 0. The van der Waals surface area contributed by atoms with Gasteiger partial charge in [0.05, 0.1) is 0 Å². The van der Waals surface area contributed by atoms with E-state index in [2.05, 4.69) is 0 Å². The molecule has 0 aromatic heterocycles. The van der Waals surface area contributed by atoms with Gasteiger partial charge in [-0.3, -0.25) is 0 Å². The van der Waals surface area contributed by atoms with Gasteiger partial charge in [0, 0.05) is 82.6 Å². The summed E-state index contributed by atoms with van der Waals surface area (Å²) in [5.74, 6) is -10.9. The molecule has 0 saturated heterocycles. The smallest absolute Gasteiger partial charge is 0.414 e. The Kier molecular flexibility index (Phi) is 38.5. The van der Waals surface area contributed by atoms with Crippen molar-refractivity contribution in [1.82, 2.24) is 0 Å². The summed E-state index contributed by atoms with van der Waals surface area (Å²) < 4.78 is 0. The molecule has 13 nitrogen and oxygen atoms in total. The van der Waals surface area contributed by atoms with Crippen LogP contribution in [-0.2, 0) is 28.8 Å². The Balaban J connectivity index is -0.0000000375. The SMILES string of the molecule is O.O=C(O)C(=O)O.O=C(O)C(=O)O.O=C(O)C(=O)O.[Pr].[Pr]. The zero-order valence-electron chi connectivity index (χ0n) is 9.79. The van der Waals surface area contributed by atoms with Crippen LogP contribution in [0.5, 0.6) is 0 Å². The summed E-state index contributed by atoms with van der Waals surface area (Å²) in [7, 11) is 0. The van der Waals surface area contributed by atoms with E-state index in [0.29, 0.717) is 0 Å². The molecule has 0 heterocycles. The molecule has 0 aromatic carbocycles. The van der Waals surface area contributed by atoms with Crippen molar-refractivity contribution in [2.75, 3.05) is 0 Å². The topological polar surface area (TPSA) is 255 Å². The molecule has 0 unspecified atom stereocenters. The molecule has 0 aliphatic heterocycles. The van der Waals surface area contributed by atoms with E-state index < -0.39 is 35.8 Å². The first-order chi connectivity index (χ1) is 7.93. The second-order valence-electron chi connectivity index (χ2n) is 1.83. The van der Waals surface area contributed by atoms with E-state index in [1.807, 2.05) is 0 Å². The van der Waals surface area contributed by atoms with Gasteiger partial charge >= 0.3 is 35.8 Å². The number of hydrogen-bond donors (Lipinski definition) is 6. The molecule has 0 aromatic rings. The summed E-state index contributed by atoms with van der Waals surface area (Å²) in [4.78, 5) is 54.6. The minimum Gasteiger partial charge on any atom is -0.473 e. The first-order valence-electron chi connectivity index (χ1n) is 3.32. The van der Waals surface area contributed by atoms with Crippen molar-refractivity contribution in [3.8, 4) is 0 Å². The number of rotatable bonds is 0. The van der Waals surface area contributed by atoms with Crippen molar-refractivity contribution >= 4 is 35.8 Å². The zero-order valence-corrected chi connectivity index (χ0v) is 17.2. The molecular weight excluding hydrogens is 562 g/mol. The van der Waals surface area contributed by atoms with Crippen molar-refractivity contribution in [1.29, 1.82) is 0 Å². The average Bonchev–Trinajstić information content (AvgIpc) is 2.18. The van der Waals surface area contributed by atoms with E-state index in [-0.39, 0.29) is 88.1 Å². The van der Waals surface area contributed by atoms with Gasteiger partial charge in [-0.05, 0) is 0 Å². The van der Waals surface area contributed by atoms with Crippen LogP contribution in [0, 0.1) is 82.6 Å². The first kappa shape index (κ1) is 37.1. The standard InChI is InChI=1S/3C2H2O4.H2O.2Pr/c3*3-1(4)2(5)6;;;/h3*(H,3,4)(H,5,6);1H2;;. The van der Waals surface area contributed by atoms with Crippen molar-refractivity contribution in [2.45, 2.75) is 0 Å². The van der Waals surface area contributed by atoms with Crippen LogP contribution in [0.1, 0.15) is 0 Å². The number of aliphatic carboxylic acids is 6. The fraction of sp³-hybridized carbons (Fsp3) is 0. The van der Waals surface area contributed by atoms with E-state index in [1.54, 1.807) is 0 Å². The quantitative estimate of drug-likeness (QED) is 0.156. The van der Waals surface area contributed by atoms with Crippen molar-refractivity contribution in [3.05, 3.63) is 0 Å². The molecular formula is C6H8O13Pr2. The number of carbonyl (C=O) groups is 6. The molecule has 116 valence electrons. The molecule has 21 heavy (non-hydrogen) atoms. The summed E-state index contributed by atoms with van der Waals surface area (Å²) in [5, 5.41) is 44.3. The van der Waals surface area contributed by atoms with Gasteiger partial charge in [0.2, 0.25) is 0 Å². The van der Waals surface area contributed by atoms with Crippen LogP contribution in [0.4, 0.5) is 0 Å². The fourth-order valence-electron chi connectivity index (χ4n) is 0. The van der Waals surface area contributed by atoms with Crippen LogP contribution >= 0.6 is 0 Å². The molecule has 0 amide bonds. The summed E-state index contributed by atoms with van der Waals surface area (Å²) in [6.07, 6.45) is 0. The van der Waals surface area contributed by atoms with Gasteiger partial charge in [-0.25, -0.2) is 28.8 Å². The second-order valence-corrected chi connectivity index (χ2v) is 1.83. The summed E-state index contributed by atoms with van der Waals surface area (Å²) in [5.41, 5.74) is 0. The number of carboxylic acids is 6. The molecule has 0 spiro atoms. The van der Waals surface area contributed by atoms with Crippen LogP contribution in [-0.4, -0.2) is 71.9 Å². The Morgan fingerprint density at radius 1 is 0.381 bits per heavy atom. The Morgan fingerprint density at radius 3 is 0.429 bits per heavy atom. The predicted octanol–water partition coefficient (Wildman–Crippen LogP) is -3.36. The number of hydrogen-bond acceptors (Lipinski definition) is 6. The summed E-state index contributed by atoms with van der Waals surface area (Å²) in [6, 6.07) is 0. The van der Waals surface area contributed by atoms with E-state index in [0.717, 1.165) is 0 Å². The normalized spacial score (nSPS) is 6.29. The molecule has 8 N–H and O–H groups in total. The van der Waals surface area contributed by atoms with Gasteiger partial charge < -0.3 is 36.1 Å². The molecule has 0 saturated carbocycles. The fourth-order valence-corrected chi connectivity index (χ4v) is 0. The van der Waals surface area contributed by atoms with E-state index in [4.69, 9.17) is 59.4 Å². The van der Waals surface area contributed by atoms with Gasteiger partial charge in [-0.15, -0.1) is 0 Å². The van der Waals surface area contributed by atoms with E-state index in [1.165, 1.54) is 0 Å². The van der Waals surface area contributed by atoms with Crippen molar-refractivity contribution in [3.63, 3.8) is 0 Å². The van der Waals surface area contributed by atoms with Gasteiger partial charge in [0.1, 0.15) is 0 Å². The molecule has 0 rings (SSSR count). The third-order valence-corrected chi connectivity index (χ3v) is 0.549. The minimum atomic E-state index is -1.82. The molecule has 0 bridgehead atoms. The first-order valence-corrected chi connectivity index (χ1v) is 3.32. The third-order valence-electron chi connectivity index (χ3n) is 0.549. The van der Waals surface area contributed by atoms with E-state index >= 15 is 0 Å². The average molecular weight is 570 g/mol. The minimum absolute atomic E-state index is 0. The summed E-state index contributed by atoms with van der Waals surface area (Å²) in [6.45, 7) is 0. The molecule has 15 heteroatoms. The monoisotopic (exact) mass is 570 g/mol. The molecule has 0 atom stereocenters. The van der Waals surface area contributed by atoms with Crippen LogP contribution in [0.2, 0.25) is 0 Å². The van der Waals surface area contributed by atoms with Gasteiger partial charge in [0.15, 0.2) is 0 Å². The maximum Gasteiger partial charge on any atom is 0.414 e. The van der Waals surface area contributed by atoms with Gasteiger partial charge in [-0.1, -0.05) is 0 Å². The maximum atomic E-state index is 9.10. The molecule has 2 radical (unpaired) electrons. The second kappa shape index (κ2) is 21.8. The molecule has 0 fully saturated rings. The Morgan fingerprint density at radius 2 is 0.429 bits per heavy atom. The Bertz CT molecular complexity index is 282. The van der Waals surface area contributed by atoms with Crippen LogP contribution in [0.15, 0.2) is 0 Å². The predicted molar refractivity (Wildman–Crippen MR) is 49.4 cm³/mol. The van der Waals surface area contributed by atoms with Crippen LogP contribution in [0.25, 0.3) is 0 Å². The molecule has 0 aliphatic carbocycles. The van der Waals surface area contributed by atoms with Gasteiger partial charge in [-0.2, -0.15) is 0 Å². The number of carboxylic acid groups (broad SMARTS) is 6. The largest absolute Gasteiger partial charge is 0.473 e. The Hall–Kier alpha value is -0.493. The van der Waals surface area contributed by atoms with Crippen molar-refractivity contribution < 1.29 is 147 Å². The van der Waals surface area contributed by atoms with Crippen LogP contribution < -0.4 is 0 Å². The van der Waals surface area contributed by atoms with E-state index in [9.17, 15) is 0 Å². The van der Waals surface area contributed by atoms with Crippen molar-refractivity contribution in [2.24, 2.45) is 0 Å². The Labute approximate surface area is 181 Å². The van der Waals surface area contributed by atoms with Gasteiger partial charge in [0.25, 0.3) is 0 Å². The molecule has 0 aliphatic rings. The third kappa shape index (κ3) is 45.2. The zero-order chi connectivity index (χ0) is 15.5. The van der Waals surface area contributed by atoms with Crippen LogP contribution in [0.3, 0.4) is 0 Å².